The second kappa shape index (κ2) is 8.41. The molecule has 0 bridgehead atoms. The van der Waals surface area contributed by atoms with Gasteiger partial charge in [-0.15, -0.1) is 0 Å². The van der Waals surface area contributed by atoms with Gasteiger partial charge in [0.25, 0.3) is 0 Å². The van der Waals surface area contributed by atoms with Crippen molar-refractivity contribution in [3.8, 4) is 5.75 Å². The van der Waals surface area contributed by atoms with Gasteiger partial charge >= 0.3 is 5.69 Å². The molecular formula is C12H16BrClN2O4. The fourth-order valence-electron chi connectivity index (χ4n) is 1.51. The number of nitrogens with zero attached hydrogens (tertiary/aromatic N) is 1. The lowest BCUT2D eigenvalue weighted by Crippen LogP contribution is -2.31. The minimum atomic E-state index is -0.747. The average Bonchev–Trinajstić information content (AvgIpc) is 2.37. The first kappa shape index (κ1) is 17.2. The molecule has 2 N–H and O–H groups in total. The van der Waals surface area contributed by atoms with Crippen LogP contribution in [-0.4, -0.2) is 35.8 Å². The Bertz CT molecular complexity index is 473. The zero-order valence-corrected chi connectivity index (χ0v) is 13.3. The second-order valence-corrected chi connectivity index (χ2v) is 5.45. The van der Waals surface area contributed by atoms with Crippen molar-refractivity contribution >= 4 is 33.2 Å². The number of aliphatic hydroxyl groups excluding tert-OH is 1. The average molecular weight is 368 g/mol. The smallest absolute Gasteiger partial charge is 0.313 e. The molecule has 8 heteroatoms. The van der Waals surface area contributed by atoms with Crippen LogP contribution in [0, 0.1) is 10.1 Å². The lowest BCUT2D eigenvalue weighted by atomic mass is 10.3. The molecule has 1 rings (SSSR count). The third-order valence-electron chi connectivity index (χ3n) is 2.41. The lowest BCUT2D eigenvalue weighted by molar-refractivity contribution is -0.386. The number of halogens is 2. The molecule has 0 fully saturated rings. The van der Waals surface area contributed by atoms with Gasteiger partial charge in [0, 0.05) is 17.6 Å². The molecule has 0 aliphatic carbocycles. The molecule has 0 heterocycles. The highest BCUT2D eigenvalue weighted by atomic mass is 79.9. The van der Waals surface area contributed by atoms with Gasteiger partial charge in [0.1, 0.15) is 12.7 Å². The van der Waals surface area contributed by atoms with Crippen molar-refractivity contribution in [1.29, 1.82) is 0 Å². The monoisotopic (exact) mass is 366 g/mol. The number of nitro benzene ring substituents is 1. The van der Waals surface area contributed by atoms with E-state index in [1.165, 1.54) is 12.1 Å². The third-order valence-corrected chi connectivity index (χ3v) is 3.22. The van der Waals surface area contributed by atoms with E-state index in [-0.39, 0.29) is 23.1 Å². The van der Waals surface area contributed by atoms with E-state index in [0.717, 1.165) is 13.0 Å². The summed E-state index contributed by atoms with van der Waals surface area (Å²) in [5, 5.41) is 23.9. The summed E-state index contributed by atoms with van der Waals surface area (Å²) in [7, 11) is 0. The van der Waals surface area contributed by atoms with Crippen LogP contribution in [-0.2, 0) is 0 Å². The summed E-state index contributed by atoms with van der Waals surface area (Å²) in [6.45, 7) is 3.14. The van der Waals surface area contributed by atoms with Gasteiger partial charge < -0.3 is 15.2 Å². The van der Waals surface area contributed by atoms with Crippen LogP contribution >= 0.6 is 27.5 Å². The predicted octanol–water partition coefficient (Wildman–Crippen LogP) is 2.75. The largest absolute Gasteiger partial charge is 0.483 e. The second-order valence-electron chi connectivity index (χ2n) is 4.16. The highest BCUT2D eigenvalue weighted by Gasteiger charge is 2.21. The van der Waals surface area contributed by atoms with Gasteiger partial charge in [0.05, 0.1) is 9.40 Å². The van der Waals surface area contributed by atoms with Crippen molar-refractivity contribution in [2.45, 2.75) is 19.4 Å². The summed E-state index contributed by atoms with van der Waals surface area (Å²) in [4.78, 5) is 10.4. The molecule has 0 aliphatic rings. The topological polar surface area (TPSA) is 84.6 Å². The van der Waals surface area contributed by atoms with Crippen LogP contribution in [0.3, 0.4) is 0 Å². The molecule has 1 unspecified atom stereocenters. The molecule has 1 aromatic carbocycles. The molecule has 0 spiro atoms. The first-order chi connectivity index (χ1) is 9.45. The summed E-state index contributed by atoms with van der Waals surface area (Å²) in [5.74, 6) is 0.0638. The Hall–Kier alpha value is -0.890. The number of benzene rings is 1. The SMILES string of the molecule is CCCNCC(O)COc1c(Br)cc(Cl)cc1[N+](=O)[O-]. The van der Waals surface area contributed by atoms with E-state index >= 15 is 0 Å². The van der Waals surface area contributed by atoms with E-state index in [0.29, 0.717) is 11.0 Å². The predicted molar refractivity (Wildman–Crippen MR) is 80.5 cm³/mol. The van der Waals surface area contributed by atoms with E-state index < -0.39 is 11.0 Å². The highest BCUT2D eigenvalue weighted by Crippen LogP contribution is 2.37. The van der Waals surface area contributed by atoms with E-state index in [1.807, 2.05) is 6.92 Å². The Labute approximate surface area is 130 Å². The molecule has 1 aromatic rings. The van der Waals surface area contributed by atoms with Crippen LogP contribution in [0.1, 0.15) is 13.3 Å². The van der Waals surface area contributed by atoms with Crippen molar-refractivity contribution in [3.05, 3.63) is 31.7 Å². The van der Waals surface area contributed by atoms with Crippen molar-refractivity contribution in [2.75, 3.05) is 19.7 Å². The number of hydrogen-bond donors (Lipinski definition) is 2. The molecule has 112 valence electrons. The standard InChI is InChI=1S/C12H16BrClN2O4/c1-2-3-15-6-9(17)7-20-12-10(13)4-8(14)5-11(12)16(18)19/h4-5,9,15,17H,2-3,6-7H2,1H3. The van der Waals surface area contributed by atoms with Gasteiger partial charge in [-0.2, -0.15) is 0 Å². The van der Waals surface area contributed by atoms with Gasteiger partial charge in [-0.25, -0.2) is 0 Å². The van der Waals surface area contributed by atoms with Crippen molar-refractivity contribution < 1.29 is 14.8 Å². The number of rotatable bonds is 8. The summed E-state index contributed by atoms with van der Waals surface area (Å²) < 4.78 is 5.72. The fraction of sp³-hybridized carbons (Fsp3) is 0.500. The number of nitro groups is 1. The van der Waals surface area contributed by atoms with Gasteiger partial charge in [0.2, 0.25) is 5.75 Å². The van der Waals surface area contributed by atoms with Gasteiger partial charge in [-0.05, 0) is 35.0 Å². The molecule has 0 radical (unpaired) electrons. The maximum atomic E-state index is 11.0. The zero-order chi connectivity index (χ0) is 15.1. The van der Waals surface area contributed by atoms with E-state index in [2.05, 4.69) is 21.2 Å². The van der Waals surface area contributed by atoms with Crippen LogP contribution in [0.2, 0.25) is 5.02 Å². The third kappa shape index (κ3) is 5.24. The van der Waals surface area contributed by atoms with Crippen LogP contribution in [0.15, 0.2) is 16.6 Å². The van der Waals surface area contributed by atoms with Crippen LogP contribution in [0.4, 0.5) is 5.69 Å². The maximum Gasteiger partial charge on any atom is 0.313 e. The zero-order valence-electron chi connectivity index (χ0n) is 10.9. The Morgan fingerprint density at radius 2 is 2.30 bits per heavy atom. The van der Waals surface area contributed by atoms with Gasteiger partial charge in [-0.3, -0.25) is 10.1 Å². The Balaban J connectivity index is 2.70. The van der Waals surface area contributed by atoms with Crippen molar-refractivity contribution in [3.63, 3.8) is 0 Å². The van der Waals surface area contributed by atoms with Crippen LogP contribution in [0.25, 0.3) is 0 Å². The van der Waals surface area contributed by atoms with Crippen molar-refractivity contribution in [1.82, 2.24) is 5.32 Å². The van der Waals surface area contributed by atoms with Crippen LogP contribution in [0.5, 0.6) is 5.75 Å². The lowest BCUT2D eigenvalue weighted by Gasteiger charge is -2.14. The maximum absolute atomic E-state index is 11.0. The van der Waals surface area contributed by atoms with Gasteiger partial charge in [0.15, 0.2) is 0 Å². The minimum absolute atomic E-state index is 0.0439. The summed E-state index contributed by atoms with van der Waals surface area (Å²) in [6, 6.07) is 2.72. The first-order valence-corrected chi connectivity index (χ1v) is 7.27. The van der Waals surface area contributed by atoms with E-state index in [1.54, 1.807) is 0 Å². The number of nitrogens with one attached hydrogen (secondary N) is 1. The van der Waals surface area contributed by atoms with Crippen LogP contribution < -0.4 is 10.1 Å². The van der Waals surface area contributed by atoms with Crippen molar-refractivity contribution in [2.24, 2.45) is 0 Å². The van der Waals surface area contributed by atoms with E-state index in [4.69, 9.17) is 16.3 Å². The summed E-state index contributed by atoms with van der Waals surface area (Å²) in [6.07, 6.45) is 0.214. The minimum Gasteiger partial charge on any atom is -0.483 e. The normalized spacial score (nSPS) is 12.2. The molecular weight excluding hydrogens is 351 g/mol. The first-order valence-electron chi connectivity index (χ1n) is 6.10. The Morgan fingerprint density at radius 3 is 2.90 bits per heavy atom. The molecule has 0 aromatic heterocycles. The quantitative estimate of drug-likeness (QED) is 0.419. The molecule has 20 heavy (non-hydrogen) atoms. The number of ether oxygens (including phenoxy) is 1. The number of hydrogen-bond acceptors (Lipinski definition) is 5. The molecule has 0 amide bonds. The Kier molecular flexibility index (Phi) is 7.22. The molecule has 0 saturated carbocycles. The Morgan fingerprint density at radius 1 is 1.60 bits per heavy atom. The summed E-state index contributed by atoms with van der Waals surface area (Å²) in [5.41, 5.74) is -0.238. The van der Waals surface area contributed by atoms with Gasteiger partial charge in [-0.1, -0.05) is 18.5 Å². The van der Waals surface area contributed by atoms with E-state index in [9.17, 15) is 15.2 Å². The summed E-state index contributed by atoms with van der Waals surface area (Å²) >= 11 is 8.93. The number of aliphatic hydroxyl groups is 1. The molecule has 1 atom stereocenters. The fourth-order valence-corrected chi connectivity index (χ4v) is 2.42. The molecule has 0 saturated heterocycles. The highest BCUT2D eigenvalue weighted by molar-refractivity contribution is 9.10. The molecule has 6 nitrogen and oxygen atoms in total. The molecule has 0 aliphatic heterocycles.